The molecule has 1 heterocycles. The third kappa shape index (κ3) is 7.06. The molecule has 0 amide bonds. The van der Waals surface area contributed by atoms with Crippen molar-refractivity contribution < 1.29 is 12.9 Å². The SMILES string of the molecule is CCNC(=NCc1ccc(S(C)(=O)=O)c(C)c1)NCc1cc(-c2ccccc2)on1.I. The van der Waals surface area contributed by atoms with Gasteiger partial charge < -0.3 is 15.2 Å². The number of aryl methyl sites for hydroxylation is 1. The normalized spacial score (nSPS) is 11.6. The molecule has 0 atom stereocenters. The third-order valence-corrected chi connectivity index (χ3v) is 5.71. The number of sulfone groups is 1. The molecule has 0 saturated heterocycles. The number of benzene rings is 2. The largest absolute Gasteiger partial charge is 0.357 e. The second-order valence-corrected chi connectivity index (χ2v) is 8.95. The lowest BCUT2D eigenvalue weighted by atomic mass is 10.1. The zero-order valence-electron chi connectivity index (χ0n) is 17.8. The van der Waals surface area contributed by atoms with Gasteiger partial charge in [0.25, 0.3) is 0 Å². The van der Waals surface area contributed by atoms with Gasteiger partial charge in [0.2, 0.25) is 0 Å². The molecule has 3 rings (SSSR count). The third-order valence-electron chi connectivity index (χ3n) is 4.46. The molecule has 2 aromatic carbocycles. The van der Waals surface area contributed by atoms with E-state index in [4.69, 9.17) is 4.52 Å². The quantitative estimate of drug-likeness (QED) is 0.261. The van der Waals surface area contributed by atoms with Crippen LogP contribution in [0.25, 0.3) is 11.3 Å². The van der Waals surface area contributed by atoms with Crippen LogP contribution < -0.4 is 10.6 Å². The first kappa shape index (κ1) is 24.9. The summed E-state index contributed by atoms with van der Waals surface area (Å²) in [5.74, 6) is 1.36. The Hall–Kier alpha value is -2.40. The lowest BCUT2D eigenvalue weighted by Gasteiger charge is -2.10. The maximum Gasteiger partial charge on any atom is 0.191 e. The highest BCUT2D eigenvalue weighted by Gasteiger charge is 2.11. The fourth-order valence-electron chi connectivity index (χ4n) is 3.05. The highest BCUT2D eigenvalue weighted by Crippen LogP contribution is 2.20. The molecule has 1 aromatic heterocycles. The Bertz CT molecular complexity index is 1130. The van der Waals surface area contributed by atoms with Crippen LogP contribution in [0.3, 0.4) is 0 Å². The van der Waals surface area contributed by atoms with Gasteiger partial charge in [-0.05, 0) is 31.0 Å². The number of nitrogens with one attached hydrogen (secondary N) is 2. The lowest BCUT2D eigenvalue weighted by Crippen LogP contribution is -2.36. The Kier molecular flexibility index (Phi) is 9.05. The minimum atomic E-state index is -3.22. The van der Waals surface area contributed by atoms with Crippen LogP contribution in [0.2, 0.25) is 0 Å². The Morgan fingerprint density at radius 1 is 1.10 bits per heavy atom. The van der Waals surface area contributed by atoms with Crippen LogP contribution in [-0.4, -0.2) is 32.3 Å². The molecule has 0 spiro atoms. The summed E-state index contributed by atoms with van der Waals surface area (Å²) in [6, 6.07) is 17.0. The highest BCUT2D eigenvalue weighted by molar-refractivity contribution is 14.0. The summed E-state index contributed by atoms with van der Waals surface area (Å²) in [7, 11) is -3.22. The van der Waals surface area contributed by atoms with Crippen LogP contribution in [0.15, 0.2) is 69.0 Å². The minimum Gasteiger partial charge on any atom is -0.357 e. The molecule has 0 aliphatic carbocycles. The van der Waals surface area contributed by atoms with Gasteiger partial charge in [-0.3, -0.25) is 0 Å². The zero-order chi connectivity index (χ0) is 21.6. The van der Waals surface area contributed by atoms with Crippen molar-refractivity contribution in [3.63, 3.8) is 0 Å². The minimum absolute atomic E-state index is 0. The van der Waals surface area contributed by atoms with Gasteiger partial charge in [0.15, 0.2) is 21.6 Å². The first-order valence-electron chi connectivity index (χ1n) is 9.69. The van der Waals surface area contributed by atoms with E-state index in [1.807, 2.05) is 49.4 Å². The summed E-state index contributed by atoms with van der Waals surface area (Å²) < 4.78 is 29.0. The molecule has 0 bridgehead atoms. The van der Waals surface area contributed by atoms with E-state index in [9.17, 15) is 8.42 Å². The standard InChI is InChI=1S/C22H26N4O3S.HI/c1-4-23-22(24-14-17-10-11-21(16(2)12-17)30(3,27)28)25-15-19-13-20(29-26-19)18-8-6-5-7-9-18;/h5-13H,4,14-15H2,1-3H3,(H2,23,24,25);1H. The molecule has 7 nitrogen and oxygen atoms in total. The monoisotopic (exact) mass is 554 g/mol. The van der Waals surface area contributed by atoms with Gasteiger partial charge >= 0.3 is 0 Å². The van der Waals surface area contributed by atoms with Crippen molar-refractivity contribution in [1.82, 2.24) is 15.8 Å². The molecule has 31 heavy (non-hydrogen) atoms. The van der Waals surface area contributed by atoms with E-state index in [1.165, 1.54) is 6.26 Å². The smallest absolute Gasteiger partial charge is 0.191 e. The topological polar surface area (TPSA) is 96.6 Å². The van der Waals surface area contributed by atoms with E-state index >= 15 is 0 Å². The fourth-order valence-corrected chi connectivity index (χ4v) is 4.00. The Morgan fingerprint density at radius 3 is 2.48 bits per heavy atom. The number of aliphatic imine (C=N–C) groups is 1. The van der Waals surface area contributed by atoms with Crippen molar-refractivity contribution >= 4 is 39.8 Å². The molecular weight excluding hydrogens is 527 g/mol. The Morgan fingerprint density at radius 2 is 1.84 bits per heavy atom. The molecule has 0 fully saturated rings. The van der Waals surface area contributed by atoms with Crippen LogP contribution in [0, 0.1) is 6.92 Å². The first-order chi connectivity index (χ1) is 14.4. The van der Waals surface area contributed by atoms with Crippen molar-refractivity contribution in [2.24, 2.45) is 4.99 Å². The van der Waals surface area contributed by atoms with E-state index in [0.717, 1.165) is 28.1 Å². The molecule has 0 aliphatic heterocycles. The van der Waals surface area contributed by atoms with E-state index in [0.29, 0.717) is 30.5 Å². The molecule has 0 radical (unpaired) electrons. The highest BCUT2D eigenvalue weighted by atomic mass is 127. The Labute approximate surface area is 200 Å². The van der Waals surface area contributed by atoms with E-state index in [-0.39, 0.29) is 24.0 Å². The summed E-state index contributed by atoms with van der Waals surface area (Å²) in [6.45, 7) is 5.39. The molecule has 9 heteroatoms. The van der Waals surface area contributed by atoms with Gasteiger partial charge in [-0.25, -0.2) is 13.4 Å². The maximum absolute atomic E-state index is 11.8. The predicted molar refractivity (Wildman–Crippen MR) is 133 cm³/mol. The number of guanidine groups is 1. The van der Waals surface area contributed by atoms with Gasteiger partial charge in [0, 0.05) is 24.4 Å². The van der Waals surface area contributed by atoms with Crippen LogP contribution in [0.5, 0.6) is 0 Å². The van der Waals surface area contributed by atoms with Gasteiger partial charge in [0.05, 0.1) is 18.0 Å². The van der Waals surface area contributed by atoms with Crippen molar-refractivity contribution in [2.75, 3.05) is 12.8 Å². The molecule has 0 aliphatic rings. The van der Waals surface area contributed by atoms with Gasteiger partial charge in [-0.2, -0.15) is 0 Å². The molecule has 0 saturated carbocycles. The lowest BCUT2D eigenvalue weighted by molar-refractivity contribution is 0.422. The first-order valence-corrected chi connectivity index (χ1v) is 11.6. The van der Waals surface area contributed by atoms with Crippen molar-refractivity contribution in [2.45, 2.75) is 31.8 Å². The maximum atomic E-state index is 11.8. The number of rotatable bonds is 7. The molecule has 3 aromatic rings. The van der Waals surface area contributed by atoms with Crippen LogP contribution >= 0.6 is 24.0 Å². The average Bonchev–Trinajstić information content (AvgIpc) is 3.19. The summed E-state index contributed by atoms with van der Waals surface area (Å²) in [6.07, 6.45) is 1.22. The summed E-state index contributed by atoms with van der Waals surface area (Å²) in [5.41, 5.74) is 3.40. The van der Waals surface area contributed by atoms with E-state index < -0.39 is 9.84 Å². The van der Waals surface area contributed by atoms with Crippen molar-refractivity contribution in [3.05, 3.63) is 71.4 Å². The van der Waals surface area contributed by atoms with Gasteiger partial charge in [-0.15, -0.1) is 24.0 Å². The molecule has 166 valence electrons. The summed E-state index contributed by atoms with van der Waals surface area (Å²) in [5, 5.41) is 10.5. The van der Waals surface area contributed by atoms with Crippen LogP contribution in [-0.2, 0) is 22.9 Å². The van der Waals surface area contributed by atoms with Crippen molar-refractivity contribution in [1.29, 1.82) is 0 Å². The summed E-state index contributed by atoms with van der Waals surface area (Å²) in [4.78, 5) is 4.93. The number of hydrogen-bond acceptors (Lipinski definition) is 5. The fraction of sp³-hybridized carbons (Fsp3) is 0.273. The van der Waals surface area contributed by atoms with Crippen LogP contribution in [0.4, 0.5) is 0 Å². The number of aromatic nitrogens is 1. The second kappa shape index (κ2) is 11.3. The average molecular weight is 554 g/mol. The molecule has 0 unspecified atom stereocenters. The number of nitrogens with zero attached hydrogens (tertiary/aromatic N) is 2. The van der Waals surface area contributed by atoms with Gasteiger partial charge in [-0.1, -0.05) is 47.6 Å². The zero-order valence-corrected chi connectivity index (χ0v) is 20.9. The van der Waals surface area contributed by atoms with Gasteiger partial charge in [0.1, 0.15) is 5.69 Å². The second-order valence-electron chi connectivity index (χ2n) is 6.97. The van der Waals surface area contributed by atoms with Crippen molar-refractivity contribution in [3.8, 4) is 11.3 Å². The molecular formula is C22H27IN4O3S. The molecule has 2 N–H and O–H groups in total. The number of halogens is 1. The van der Waals surface area contributed by atoms with E-state index in [1.54, 1.807) is 19.1 Å². The summed E-state index contributed by atoms with van der Waals surface area (Å²) >= 11 is 0. The number of hydrogen-bond donors (Lipinski definition) is 2. The van der Waals surface area contributed by atoms with Crippen LogP contribution in [0.1, 0.15) is 23.7 Å². The van der Waals surface area contributed by atoms with E-state index in [2.05, 4.69) is 20.8 Å². The predicted octanol–water partition coefficient (Wildman–Crippen LogP) is 3.93. The Balaban J connectivity index is 0.00000341.